The number of carbonyl (C=O) groups is 1. The Kier molecular flexibility index (Phi) is 7.19. The normalized spacial score (nSPS) is 20.3. The second kappa shape index (κ2) is 10.2. The molecule has 2 aliphatic rings. The number of piperidine rings is 1. The molecule has 0 bridgehead atoms. The predicted molar refractivity (Wildman–Crippen MR) is 121 cm³/mol. The van der Waals surface area contributed by atoms with E-state index in [9.17, 15) is 4.79 Å². The molecule has 0 N–H and O–H groups in total. The molecular weight excluding hydrogens is 372 g/mol. The standard InChI is InChI=1S/C26H34N2O2/c1-21-6-2-3-10-25(21)24-9-4-7-23(18-24)20-27-13-5-8-22(19-27)11-12-26(29)28-14-16-30-17-15-28/h2-4,6-7,9-10,18,22H,5,8,11-17,19-20H2,1H3. The van der Waals surface area contributed by atoms with E-state index in [4.69, 9.17) is 4.74 Å². The van der Waals surface area contributed by atoms with Crippen LogP contribution in [0.1, 0.15) is 36.8 Å². The minimum atomic E-state index is 0.307. The van der Waals surface area contributed by atoms with E-state index in [1.165, 1.54) is 35.1 Å². The fourth-order valence-electron chi connectivity index (χ4n) is 4.82. The Morgan fingerprint density at radius 3 is 2.73 bits per heavy atom. The second-order valence-electron chi connectivity index (χ2n) is 8.79. The number of benzene rings is 2. The summed E-state index contributed by atoms with van der Waals surface area (Å²) in [7, 11) is 0. The number of hydrogen-bond donors (Lipinski definition) is 0. The van der Waals surface area contributed by atoms with Crippen LogP contribution in [0.25, 0.3) is 11.1 Å². The van der Waals surface area contributed by atoms with Gasteiger partial charge < -0.3 is 9.64 Å². The van der Waals surface area contributed by atoms with E-state index in [1.54, 1.807) is 0 Å². The van der Waals surface area contributed by atoms with Crippen LogP contribution in [0.4, 0.5) is 0 Å². The Bertz CT molecular complexity index is 844. The van der Waals surface area contributed by atoms with Gasteiger partial charge in [0.05, 0.1) is 13.2 Å². The zero-order valence-corrected chi connectivity index (χ0v) is 18.2. The summed E-state index contributed by atoms with van der Waals surface area (Å²) in [6.45, 7) is 8.31. The highest BCUT2D eigenvalue weighted by molar-refractivity contribution is 5.76. The van der Waals surface area contributed by atoms with Crippen molar-refractivity contribution in [2.24, 2.45) is 5.92 Å². The molecule has 0 aliphatic carbocycles. The Hall–Kier alpha value is -2.17. The quantitative estimate of drug-likeness (QED) is 0.707. The maximum Gasteiger partial charge on any atom is 0.222 e. The Morgan fingerprint density at radius 2 is 1.90 bits per heavy atom. The molecular formula is C26H34N2O2. The van der Waals surface area contributed by atoms with E-state index in [2.05, 4.69) is 60.4 Å². The summed E-state index contributed by atoms with van der Waals surface area (Å²) in [5.41, 5.74) is 5.31. The van der Waals surface area contributed by atoms with Gasteiger partial charge in [0, 0.05) is 32.6 Å². The van der Waals surface area contributed by atoms with Gasteiger partial charge in [-0.3, -0.25) is 9.69 Å². The smallest absolute Gasteiger partial charge is 0.222 e. The Balaban J connectivity index is 1.31. The average Bonchev–Trinajstić information content (AvgIpc) is 2.79. The first-order chi connectivity index (χ1) is 14.7. The summed E-state index contributed by atoms with van der Waals surface area (Å²) in [6, 6.07) is 17.6. The zero-order valence-electron chi connectivity index (χ0n) is 18.2. The topological polar surface area (TPSA) is 32.8 Å². The van der Waals surface area contributed by atoms with Gasteiger partial charge in [0.2, 0.25) is 5.91 Å². The molecule has 1 atom stereocenters. The fourth-order valence-corrected chi connectivity index (χ4v) is 4.82. The summed E-state index contributed by atoms with van der Waals surface area (Å²) < 4.78 is 5.36. The largest absolute Gasteiger partial charge is 0.378 e. The molecule has 2 fully saturated rings. The third-order valence-corrected chi connectivity index (χ3v) is 6.52. The molecule has 30 heavy (non-hydrogen) atoms. The number of nitrogens with zero attached hydrogens (tertiary/aromatic N) is 2. The highest BCUT2D eigenvalue weighted by atomic mass is 16.5. The monoisotopic (exact) mass is 406 g/mol. The van der Waals surface area contributed by atoms with Crippen LogP contribution in [-0.2, 0) is 16.1 Å². The average molecular weight is 407 g/mol. The van der Waals surface area contributed by atoms with Crippen LogP contribution >= 0.6 is 0 Å². The van der Waals surface area contributed by atoms with Crippen LogP contribution in [0.2, 0.25) is 0 Å². The summed E-state index contributed by atoms with van der Waals surface area (Å²) in [5, 5.41) is 0. The fraction of sp³-hybridized carbons (Fsp3) is 0.500. The number of carbonyl (C=O) groups excluding carboxylic acids is 1. The molecule has 2 aliphatic heterocycles. The van der Waals surface area contributed by atoms with E-state index in [1.807, 2.05) is 4.90 Å². The summed E-state index contributed by atoms with van der Waals surface area (Å²) in [4.78, 5) is 17.0. The Labute approximate surface area is 180 Å². The number of aryl methyl sites for hydroxylation is 1. The van der Waals surface area contributed by atoms with E-state index < -0.39 is 0 Å². The molecule has 160 valence electrons. The summed E-state index contributed by atoms with van der Waals surface area (Å²) in [5.74, 6) is 0.935. The SMILES string of the molecule is Cc1ccccc1-c1cccc(CN2CCCC(CCC(=O)N3CCOCC3)C2)c1. The molecule has 0 spiro atoms. The van der Waals surface area contributed by atoms with Gasteiger partial charge in [0.15, 0.2) is 0 Å². The predicted octanol–water partition coefficient (Wildman–Crippen LogP) is 4.51. The van der Waals surface area contributed by atoms with Crippen LogP contribution in [0.15, 0.2) is 48.5 Å². The van der Waals surface area contributed by atoms with Gasteiger partial charge in [0.1, 0.15) is 0 Å². The highest BCUT2D eigenvalue weighted by Crippen LogP contribution is 2.26. The van der Waals surface area contributed by atoms with E-state index in [0.717, 1.165) is 39.1 Å². The van der Waals surface area contributed by atoms with Crippen molar-refractivity contribution >= 4 is 5.91 Å². The first kappa shape index (κ1) is 21.1. The zero-order chi connectivity index (χ0) is 20.8. The lowest BCUT2D eigenvalue weighted by molar-refractivity contribution is -0.135. The lowest BCUT2D eigenvalue weighted by Gasteiger charge is -2.33. The lowest BCUT2D eigenvalue weighted by atomic mass is 9.92. The minimum absolute atomic E-state index is 0.307. The number of morpholine rings is 1. The van der Waals surface area contributed by atoms with Gasteiger partial charge in [-0.05, 0) is 67.0 Å². The molecule has 1 amide bonds. The van der Waals surface area contributed by atoms with E-state index in [-0.39, 0.29) is 0 Å². The van der Waals surface area contributed by atoms with Crippen molar-refractivity contribution in [1.29, 1.82) is 0 Å². The molecule has 4 heteroatoms. The molecule has 2 aromatic carbocycles. The van der Waals surface area contributed by atoms with Crippen molar-refractivity contribution < 1.29 is 9.53 Å². The maximum atomic E-state index is 12.5. The van der Waals surface area contributed by atoms with E-state index in [0.29, 0.717) is 31.5 Å². The Morgan fingerprint density at radius 1 is 1.07 bits per heavy atom. The number of amides is 1. The first-order valence-corrected chi connectivity index (χ1v) is 11.4. The lowest BCUT2D eigenvalue weighted by Crippen LogP contribution is -2.41. The van der Waals surface area contributed by atoms with Gasteiger partial charge in [-0.25, -0.2) is 0 Å². The molecule has 4 rings (SSSR count). The first-order valence-electron chi connectivity index (χ1n) is 11.4. The second-order valence-corrected chi connectivity index (χ2v) is 8.79. The van der Waals surface area contributed by atoms with Gasteiger partial charge >= 0.3 is 0 Å². The van der Waals surface area contributed by atoms with Crippen molar-refractivity contribution in [2.45, 2.75) is 39.2 Å². The number of likely N-dealkylation sites (tertiary alicyclic amines) is 1. The third-order valence-electron chi connectivity index (χ3n) is 6.52. The van der Waals surface area contributed by atoms with Gasteiger partial charge in [-0.1, -0.05) is 42.5 Å². The van der Waals surface area contributed by atoms with E-state index >= 15 is 0 Å². The summed E-state index contributed by atoms with van der Waals surface area (Å²) >= 11 is 0. The number of rotatable bonds is 6. The molecule has 4 nitrogen and oxygen atoms in total. The van der Waals surface area contributed by atoms with Crippen molar-refractivity contribution in [3.63, 3.8) is 0 Å². The summed E-state index contributed by atoms with van der Waals surface area (Å²) in [6.07, 6.45) is 4.17. The highest BCUT2D eigenvalue weighted by Gasteiger charge is 2.23. The van der Waals surface area contributed by atoms with Crippen LogP contribution < -0.4 is 0 Å². The molecule has 0 saturated carbocycles. The van der Waals surface area contributed by atoms with Crippen LogP contribution in [0.5, 0.6) is 0 Å². The van der Waals surface area contributed by atoms with Crippen molar-refractivity contribution in [3.8, 4) is 11.1 Å². The third kappa shape index (κ3) is 5.50. The van der Waals surface area contributed by atoms with Crippen molar-refractivity contribution in [2.75, 3.05) is 39.4 Å². The van der Waals surface area contributed by atoms with Crippen LogP contribution in [0, 0.1) is 12.8 Å². The van der Waals surface area contributed by atoms with Gasteiger partial charge in [-0.15, -0.1) is 0 Å². The van der Waals surface area contributed by atoms with Crippen LogP contribution in [-0.4, -0.2) is 55.1 Å². The van der Waals surface area contributed by atoms with Crippen molar-refractivity contribution in [1.82, 2.24) is 9.80 Å². The number of hydrogen-bond acceptors (Lipinski definition) is 3. The molecule has 0 radical (unpaired) electrons. The van der Waals surface area contributed by atoms with Crippen LogP contribution in [0.3, 0.4) is 0 Å². The number of ether oxygens (including phenoxy) is 1. The molecule has 2 saturated heterocycles. The van der Waals surface area contributed by atoms with Crippen molar-refractivity contribution in [3.05, 3.63) is 59.7 Å². The molecule has 1 unspecified atom stereocenters. The van der Waals surface area contributed by atoms with Gasteiger partial charge in [-0.2, -0.15) is 0 Å². The maximum absolute atomic E-state index is 12.5. The minimum Gasteiger partial charge on any atom is -0.378 e. The molecule has 2 aromatic rings. The van der Waals surface area contributed by atoms with Gasteiger partial charge in [0.25, 0.3) is 0 Å². The molecule has 0 aromatic heterocycles. The molecule has 2 heterocycles.